The lowest BCUT2D eigenvalue weighted by molar-refractivity contribution is -0.0260. The molecular weight excluding hydrogens is 302 g/mol. The summed E-state index contributed by atoms with van der Waals surface area (Å²) in [6, 6.07) is 1.26. The number of nitrogens with zero attached hydrogens (tertiary/aromatic N) is 2. The Kier molecular flexibility index (Phi) is 4.01. The molecule has 2 aromatic rings. The molecule has 23 heavy (non-hydrogen) atoms. The van der Waals surface area contributed by atoms with Gasteiger partial charge in [0.15, 0.2) is 0 Å². The highest BCUT2D eigenvalue weighted by Gasteiger charge is 2.27. The van der Waals surface area contributed by atoms with Gasteiger partial charge in [0.1, 0.15) is 5.52 Å². The summed E-state index contributed by atoms with van der Waals surface area (Å²) in [5.41, 5.74) is 1.59. The SMILES string of the molecule is Cc1ccnc2c(C(=O)N[C@@H]3CCOC[C@H]3O)cn(C(=O)O)c12. The Morgan fingerprint density at radius 2 is 2.26 bits per heavy atom. The molecule has 3 rings (SSSR count). The first-order valence-corrected chi connectivity index (χ1v) is 7.25. The number of aromatic nitrogens is 2. The fourth-order valence-corrected chi connectivity index (χ4v) is 2.76. The largest absolute Gasteiger partial charge is 0.464 e. The van der Waals surface area contributed by atoms with Gasteiger partial charge in [-0.15, -0.1) is 0 Å². The number of ether oxygens (including phenoxy) is 1. The van der Waals surface area contributed by atoms with Crippen LogP contribution in [0, 0.1) is 6.92 Å². The lowest BCUT2D eigenvalue weighted by atomic mass is 10.1. The maximum atomic E-state index is 12.5. The van der Waals surface area contributed by atoms with Crippen molar-refractivity contribution in [3.8, 4) is 0 Å². The summed E-state index contributed by atoms with van der Waals surface area (Å²) in [5, 5.41) is 21.9. The Morgan fingerprint density at radius 1 is 1.48 bits per heavy atom. The summed E-state index contributed by atoms with van der Waals surface area (Å²) in [6.45, 7) is 2.38. The predicted molar refractivity (Wildman–Crippen MR) is 80.6 cm³/mol. The maximum absolute atomic E-state index is 12.5. The van der Waals surface area contributed by atoms with Crippen molar-refractivity contribution < 1.29 is 24.5 Å². The molecule has 0 bridgehead atoms. The molecule has 8 heteroatoms. The van der Waals surface area contributed by atoms with Crippen LogP contribution in [0.15, 0.2) is 18.5 Å². The van der Waals surface area contributed by atoms with Crippen LogP contribution in [0.25, 0.3) is 11.0 Å². The second-order valence-electron chi connectivity index (χ2n) is 5.53. The van der Waals surface area contributed by atoms with Crippen LogP contribution in [0.2, 0.25) is 0 Å². The molecule has 0 saturated carbocycles. The topological polar surface area (TPSA) is 114 Å². The average molecular weight is 319 g/mol. The van der Waals surface area contributed by atoms with Crippen molar-refractivity contribution in [2.45, 2.75) is 25.5 Å². The van der Waals surface area contributed by atoms with E-state index in [-0.39, 0.29) is 12.2 Å². The average Bonchev–Trinajstić information content (AvgIpc) is 2.91. The second-order valence-corrected chi connectivity index (χ2v) is 5.53. The van der Waals surface area contributed by atoms with Crippen LogP contribution in [0.3, 0.4) is 0 Å². The Bertz CT molecular complexity index is 770. The Balaban J connectivity index is 1.97. The summed E-state index contributed by atoms with van der Waals surface area (Å²) >= 11 is 0. The molecule has 0 spiro atoms. The minimum absolute atomic E-state index is 0.166. The Labute approximate surface area is 131 Å². The monoisotopic (exact) mass is 319 g/mol. The van der Waals surface area contributed by atoms with E-state index in [9.17, 15) is 19.8 Å². The second kappa shape index (κ2) is 5.98. The Hall–Kier alpha value is -2.45. The summed E-state index contributed by atoms with van der Waals surface area (Å²) in [7, 11) is 0. The number of pyridine rings is 1. The van der Waals surface area contributed by atoms with Crippen molar-refractivity contribution in [1.29, 1.82) is 0 Å². The number of fused-ring (bicyclic) bond motifs is 1. The number of amides is 1. The normalized spacial score (nSPS) is 21.3. The smallest absolute Gasteiger partial charge is 0.416 e. The third-order valence-corrected chi connectivity index (χ3v) is 3.97. The molecule has 2 atom stereocenters. The molecule has 3 heterocycles. The van der Waals surface area contributed by atoms with Gasteiger partial charge in [0.2, 0.25) is 0 Å². The fourth-order valence-electron chi connectivity index (χ4n) is 2.76. The predicted octanol–water partition coefficient (Wildman–Crippen LogP) is 0.750. The summed E-state index contributed by atoms with van der Waals surface area (Å²) < 4.78 is 6.12. The third-order valence-electron chi connectivity index (χ3n) is 3.97. The number of carboxylic acid groups (broad SMARTS) is 1. The van der Waals surface area contributed by atoms with E-state index in [2.05, 4.69) is 10.3 Å². The third kappa shape index (κ3) is 2.78. The molecule has 1 aliphatic rings. The van der Waals surface area contributed by atoms with Gasteiger partial charge in [-0.2, -0.15) is 0 Å². The van der Waals surface area contributed by atoms with Gasteiger partial charge in [0.25, 0.3) is 5.91 Å². The van der Waals surface area contributed by atoms with Gasteiger partial charge in [-0.3, -0.25) is 9.78 Å². The standard InChI is InChI=1S/C15H17N3O5/c1-8-2-4-16-12-9(6-18(13(8)12)15(21)22)14(20)17-10-3-5-23-7-11(10)19/h2,4,6,10-11,19H,3,5,7H2,1H3,(H,17,20)(H,21,22)/t10-,11-/m1/s1. The van der Waals surface area contributed by atoms with E-state index in [0.29, 0.717) is 29.6 Å². The quantitative estimate of drug-likeness (QED) is 0.753. The number of aliphatic hydroxyl groups excluding tert-OH is 1. The van der Waals surface area contributed by atoms with E-state index in [1.165, 1.54) is 12.4 Å². The van der Waals surface area contributed by atoms with Gasteiger partial charge < -0.3 is 20.3 Å². The van der Waals surface area contributed by atoms with Crippen LogP contribution < -0.4 is 5.32 Å². The number of aliphatic hydroxyl groups is 1. The lowest BCUT2D eigenvalue weighted by Gasteiger charge is -2.28. The van der Waals surface area contributed by atoms with E-state index in [1.54, 1.807) is 13.0 Å². The first kappa shape index (κ1) is 15.4. The van der Waals surface area contributed by atoms with Gasteiger partial charge in [-0.1, -0.05) is 0 Å². The first-order chi connectivity index (χ1) is 11.0. The van der Waals surface area contributed by atoms with Crippen LogP contribution >= 0.6 is 0 Å². The van der Waals surface area contributed by atoms with E-state index < -0.39 is 24.1 Å². The molecule has 3 N–H and O–H groups in total. The lowest BCUT2D eigenvalue weighted by Crippen LogP contribution is -2.48. The first-order valence-electron chi connectivity index (χ1n) is 7.25. The fraction of sp³-hybridized carbons (Fsp3) is 0.400. The number of nitrogens with one attached hydrogen (secondary N) is 1. The van der Waals surface area contributed by atoms with Crippen molar-refractivity contribution in [2.75, 3.05) is 13.2 Å². The van der Waals surface area contributed by atoms with Gasteiger partial charge in [-0.05, 0) is 25.0 Å². The highest BCUT2D eigenvalue weighted by Crippen LogP contribution is 2.23. The number of aryl methyl sites for hydroxylation is 1. The molecule has 2 aromatic heterocycles. The summed E-state index contributed by atoms with van der Waals surface area (Å²) in [6.07, 6.45) is 1.32. The maximum Gasteiger partial charge on any atom is 0.416 e. The molecule has 8 nitrogen and oxygen atoms in total. The number of hydrogen-bond donors (Lipinski definition) is 3. The minimum Gasteiger partial charge on any atom is -0.464 e. The molecular formula is C15H17N3O5. The summed E-state index contributed by atoms with van der Waals surface area (Å²) in [5.74, 6) is -0.459. The molecule has 1 aliphatic heterocycles. The van der Waals surface area contributed by atoms with E-state index >= 15 is 0 Å². The highest BCUT2D eigenvalue weighted by atomic mass is 16.5. The molecule has 122 valence electrons. The Morgan fingerprint density at radius 3 is 2.96 bits per heavy atom. The van der Waals surface area contributed by atoms with Gasteiger partial charge in [0.05, 0.1) is 29.8 Å². The van der Waals surface area contributed by atoms with Crippen molar-refractivity contribution in [1.82, 2.24) is 14.9 Å². The van der Waals surface area contributed by atoms with E-state index in [0.717, 1.165) is 4.57 Å². The highest BCUT2D eigenvalue weighted by molar-refractivity contribution is 6.08. The van der Waals surface area contributed by atoms with Crippen molar-refractivity contribution in [2.24, 2.45) is 0 Å². The van der Waals surface area contributed by atoms with Crippen LogP contribution in [-0.2, 0) is 4.74 Å². The van der Waals surface area contributed by atoms with Gasteiger partial charge in [0, 0.05) is 19.0 Å². The van der Waals surface area contributed by atoms with Gasteiger partial charge in [-0.25, -0.2) is 9.36 Å². The van der Waals surface area contributed by atoms with Crippen molar-refractivity contribution in [3.63, 3.8) is 0 Å². The van der Waals surface area contributed by atoms with Crippen LogP contribution in [0.5, 0.6) is 0 Å². The molecule has 0 aromatic carbocycles. The van der Waals surface area contributed by atoms with Crippen LogP contribution in [0.4, 0.5) is 4.79 Å². The molecule has 1 saturated heterocycles. The zero-order valence-electron chi connectivity index (χ0n) is 12.5. The van der Waals surface area contributed by atoms with Crippen LogP contribution in [0.1, 0.15) is 22.3 Å². The number of hydrogen-bond acceptors (Lipinski definition) is 5. The summed E-state index contributed by atoms with van der Waals surface area (Å²) in [4.78, 5) is 28.0. The number of carbonyl (C=O) groups excluding carboxylic acids is 1. The number of carbonyl (C=O) groups is 2. The van der Waals surface area contributed by atoms with E-state index in [1.807, 2.05) is 0 Å². The number of rotatable bonds is 2. The zero-order chi connectivity index (χ0) is 16.6. The molecule has 0 aliphatic carbocycles. The molecule has 1 amide bonds. The zero-order valence-corrected chi connectivity index (χ0v) is 12.5. The van der Waals surface area contributed by atoms with Crippen molar-refractivity contribution >= 4 is 23.0 Å². The molecule has 1 fully saturated rings. The molecule has 0 unspecified atom stereocenters. The molecule has 0 radical (unpaired) electrons. The van der Waals surface area contributed by atoms with Gasteiger partial charge >= 0.3 is 6.09 Å². The van der Waals surface area contributed by atoms with Crippen molar-refractivity contribution in [3.05, 3.63) is 29.6 Å². The van der Waals surface area contributed by atoms with E-state index in [4.69, 9.17) is 4.74 Å². The minimum atomic E-state index is -1.18. The van der Waals surface area contributed by atoms with Crippen LogP contribution in [-0.4, -0.2) is 57.1 Å².